The average Bonchev–Trinajstić information content (AvgIpc) is 2.71. The molecule has 0 fully saturated rings. The lowest BCUT2D eigenvalue weighted by Gasteiger charge is -2.30. The Morgan fingerprint density at radius 3 is 2.62 bits per heavy atom. The first-order chi connectivity index (χ1) is 9.70. The summed E-state index contributed by atoms with van der Waals surface area (Å²) in [5, 5.41) is 10.2. The fourth-order valence-corrected chi connectivity index (χ4v) is 1.86. The Morgan fingerprint density at radius 1 is 1.48 bits per heavy atom. The highest BCUT2D eigenvalue weighted by molar-refractivity contribution is 5.68. The van der Waals surface area contributed by atoms with Crippen molar-refractivity contribution in [3.8, 4) is 0 Å². The van der Waals surface area contributed by atoms with Crippen LogP contribution < -0.4 is 5.32 Å². The summed E-state index contributed by atoms with van der Waals surface area (Å²) >= 11 is 0. The van der Waals surface area contributed by atoms with Crippen LogP contribution in [0.3, 0.4) is 0 Å². The summed E-state index contributed by atoms with van der Waals surface area (Å²) in [6.45, 7) is 13.7. The minimum absolute atomic E-state index is 0.109. The lowest BCUT2D eigenvalue weighted by molar-refractivity contribution is 0.0193. The zero-order valence-corrected chi connectivity index (χ0v) is 14.0. The first kappa shape index (κ1) is 17.5. The maximum Gasteiger partial charge on any atom is 0.410 e. The van der Waals surface area contributed by atoms with Crippen molar-refractivity contribution in [3.63, 3.8) is 0 Å². The molecule has 0 aromatic carbocycles. The number of aryl methyl sites for hydroxylation is 1. The number of H-pyrrole nitrogens is 1. The number of hydrogen-bond donors (Lipinski definition) is 2. The number of aromatic nitrogens is 2. The van der Waals surface area contributed by atoms with Crippen LogP contribution in [0.25, 0.3) is 0 Å². The van der Waals surface area contributed by atoms with Crippen LogP contribution in [0.2, 0.25) is 0 Å². The summed E-state index contributed by atoms with van der Waals surface area (Å²) in [7, 11) is 0. The van der Waals surface area contributed by atoms with Crippen LogP contribution in [0.1, 0.15) is 45.9 Å². The molecule has 1 rings (SSSR count). The van der Waals surface area contributed by atoms with Gasteiger partial charge in [0.15, 0.2) is 0 Å². The zero-order valence-electron chi connectivity index (χ0n) is 14.0. The van der Waals surface area contributed by atoms with Crippen LogP contribution >= 0.6 is 0 Å². The molecule has 1 aromatic heterocycles. The van der Waals surface area contributed by atoms with Crippen molar-refractivity contribution in [3.05, 3.63) is 17.5 Å². The molecule has 6 nitrogen and oxygen atoms in total. The fraction of sp³-hybridized carbons (Fsp3) is 0.733. The molecule has 6 heteroatoms. The maximum absolute atomic E-state index is 12.1. The van der Waals surface area contributed by atoms with Crippen LogP contribution in [0.15, 0.2) is 6.20 Å². The molecule has 1 aromatic rings. The summed E-state index contributed by atoms with van der Waals surface area (Å²) in [5.74, 6) is 0. The molecule has 0 bridgehead atoms. The van der Waals surface area contributed by atoms with Crippen molar-refractivity contribution in [1.82, 2.24) is 20.4 Å². The van der Waals surface area contributed by atoms with E-state index in [1.165, 1.54) is 0 Å². The standard InChI is InChI=1S/C15H28N4O2/c1-11(2)19(14(20)21-15(4,5)6)8-7-16-9-13-10-17-18-12(13)3/h10-11,16H,7-9H2,1-6H3,(H,17,18). The molecule has 120 valence electrons. The molecule has 0 radical (unpaired) electrons. The number of nitrogens with zero attached hydrogens (tertiary/aromatic N) is 2. The first-order valence-corrected chi connectivity index (χ1v) is 7.40. The van der Waals surface area contributed by atoms with E-state index < -0.39 is 5.60 Å². The van der Waals surface area contributed by atoms with Gasteiger partial charge in [-0.05, 0) is 41.5 Å². The van der Waals surface area contributed by atoms with Gasteiger partial charge in [0.05, 0.1) is 6.20 Å². The van der Waals surface area contributed by atoms with Crippen LogP contribution in [0.4, 0.5) is 4.79 Å². The van der Waals surface area contributed by atoms with Crippen molar-refractivity contribution in [1.29, 1.82) is 0 Å². The van der Waals surface area contributed by atoms with E-state index >= 15 is 0 Å². The number of carbonyl (C=O) groups excluding carboxylic acids is 1. The fourth-order valence-electron chi connectivity index (χ4n) is 1.86. The van der Waals surface area contributed by atoms with Crippen molar-refractivity contribution >= 4 is 6.09 Å². The third-order valence-corrected chi connectivity index (χ3v) is 3.03. The Balaban J connectivity index is 2.41. The van der Waals surface area contributed by atoms with Crippen LogP contribution in [0.5, 0.6) is 0 Å². The predicted octanol–water partition coefficient (Wildman–Crippen LogP) is 2.45. The number of hydrogen-bond acceptors (Lipinski definition) is 4. The number of rotatable bonds is 6. The predicted molar refractivity (Wildman–Crippen MR) is 83.1 cm³/mol. The van der Waals surface area contributed by atoms with Gasteiger partial charge in [-0.2, -0.15) is 5.10 Å². The van der Waals surface area contributed by atoms with Crippen molar-refractivity contribution in [2.75, 3.05) is 13.1 Å². The minimum atomic E-state index is -0.467. The molecule has 0 saturated heterocycles. The van der Waals surface area contributed by atoms with E-state index in [0.29, 0.717) is 13.1 Å². The Kier molecular flexibility index (Phi) is 6.20. The molecule has 21 heavy (non-hydrogen) atoms. The first-order valence-electron chi connectivity index (χ1n) is 7.40. The van der Waals surface area contributed by atoms with Gasteiger partial charge in [-0.3, -0.25) is 5.10 Å². The maximum atomic E-state index is 12.1. The second kappa shape index (κ2) is 7.45. The molecule has 0 aliphatic carbocycles. The molecule has 2 N–H and O–H groups in total. The summed E-state index contributed by atoms with van der Waals surface area (Å²) in [6.07, 6.45) is 1.55. The van der Waals surface area contributed by atoms with E-state index in [9.17, 15) is 4.79 Å². The second-order valence-corrected chi connectivity index (χ2v) is 6.46. The van der Waals surface area contributed by atoms with Gasteiger partial charge in [-0.15, -0.1) is 0 Å². The molecular formula is C15H28N4O2. The van der Waals surface area contributed by atoms with Gasteiger partial charge in [0.25, 0.3) is 0 Å². The Morgan fingerprint density at radius 2 is 2.14 bits per heavy atom. The molecule has 1 amide bonds. The molecule has 0 atom stereocenters. The quantitative estimate of drug-likeness (QED) is 0.791. The molecule has 1 heterocycles. The molecule has 0 unspecified atom stereocenters. The highest BCUT2D eigenvalue weighted by Gasteiger charge is 2.23. The minimum Gasteiger partial charge on any atom is -0.444 e. The number of amides is 1. The summed E-state index contributed by atoms with van der Waals surface area (Å²) in [6, 6.07) is 0.109. The Bertz CT molecular complexity index is 449. The van der Waals surface area contributed by atoms with Crippen molar-refractivity contribution in [2.24, 2.45) is 0 Å². The lowest BCUT2D eigenvalue weighted by atomic mass is 10.2. The van der Waals surface area contributed by atoms with E-state index in [-0.39, 0.29) is 12.1 Å². The van der Waals surface area contributed by atoms with E-state index in [2.05, 4.69) is 15.5 Å². The van der Waals surface area contributed by atoms with E-state index in [1.54, 1.807) is 4.90 Å². The van der Waals surface area contributed by atoms with Gasteiger partial charge in [0, 0.05) is 36.9 Å². The third-order valence-electron chi connectivity index (χ3n) is 3.03. The monoisotopic (exact) mass is 296 g/mol. The molecule has 0 aliphatic heterocycles. The van der Waals surface area contributed by atoms with E-state index in [1.807, 2.05) is 47.7 Å². The number of carbonyl (C=O) groups is 1. The highest BCUT2D eigenvalue weighted by Crippen LogP contribution is 2.11. The van der Waals surface area contributed by atoms with Gasteiger partial charge in [-0.1, -0.05) is 0 Å². The third kappa shape index (κ3) is 6.16. The van der Waals surface area contributed by atoms with Gasteiger partial charge >= 0.3 is 6.09 Å². The SMILES string of the molecule is Cc1[nH]ncc1CNCCN(C(=O)OC(C)(C)C)C(C)C. The van der Waals surface area contributed by atoms with Crippen molar-refractivity contribution in [2.45, 2.75) is 59.7 Å². The van der Waals surface area contributed by atoms with Crippen LogP contribution in [-0.2, 0) is 11.3 Å². The van der Waals surface area contributed by atoms with Gasteiger partial charge in [0.1, 0.15) is 5.60 Å². The topological polar surface area (TPSA) is 70.2 Å². The summed E-state index contributed by atoms with van der Waals surface area (Å²) in [4.78, 5) is 13.9. The molecular weight excluding hydrogens is 268 g/mol. The van der Waals surface area contributed by atoms with Gasteiger partial charge in [-0.25, -0.2) is 4.79 Å². The van der Waals surface area contributed by atoms with E-state index in [4.69, 9.17) is 4.74 Å². The smallest absolute Gasteiger partial charge is 0.410 e. The average molecular weight is 296 g/mol. The van der Waals surface area contributed by atoms with Crippen LogP contribution in [-0.4, -0.2) is 45.9 Å². The largest absolute Gasteiger partial charge is 0.444 e. The number of ether oxygens (including phenoxy) is 1. The van der Waals surface area contributed by atoms with Crippen LogP contribution in [0, 0.1) is 6.92 Å². The summed E-state index contributed by atoms with van der Waals surface area (Å²) in [5.41, 5.74) is 1.74. The Labute approximate surface area is 127 Å². The summed E-state index contributed by atoms with van der Waals surface area (Å²) < 4.78 is 5.43. The number of aromatic amines is 1. The normalized spacial score (nSPS) is 11.8. The van der Waals surface area contributed by atoms with E-state index in [0.717, 1.165) is 17.8 Å². The van der Waals surface area contributed by atoms with Gasteiger partial charge < -0.3 is 15.0 Å². The van der Waals surface area contributed by atoms with Gasteiger partial charge in [0.2, 0.25) is 0 Å². The zero-order chi connectivity index (χ0) is 16.0. The number of nitrogens with one attached hydrogen (secondary N) is 2. The molecule has 0 aliphatic rings. The Hall–Kier alpha value is -1.56. The molecule has 0 saturated carbocycles. The lowest BCUT2D eigenvalue weighted by Crippen LogP contribution is -2.44. The second-order valence-electron chi connectivity index (χ2n) is 6.46. The van der Waals surface area contributed by atoms with Crippen molar-refractivity contribution < 1.29 is 9.53 Å². The molecule has 0 spiro atoms. The highest BCUT2D eigenvalue weighted by atomic mass is 16.6.